The van der Waals surface area contributed by atoms with Gasteiger partial charge in [0.15, 0.2) is 11.6 Å². The van der Waals surface area contributed by atoms with Crippen molar-refractivity contribution in [3.63, 3.8) is 0 Å². The van der Waals surface area contributed by atoms with Crippen LogP contribution in [0.15, 0.2) is 48.5 Å². The van der Waals surface area contributed by atoms with E-state index in [1.165, 1.54) is 6.07 Å². The lowest BCUT2D eigenvalue weighted by atomic mass is 10.1. The maximum Gasteiger partial charge on any atom is 0.259 e. The van der Waals surface area contributed by atoms with Crippen LogP contribution in [0.5, 0.6) is 0 Å². The van der Waals surface area contributed by atoms with Gasteiger partial charge in [0.1, 0.15) is 0 Å². The third kappa shape index (κ3) is 3.34. The predicted octanol–water partition coefficient (Wildman–Crippen LogP) is 3.67. The van der Waals surface area contributed by atoms with Gasteiger partial charge >= 0.3 is 0 Å². The van der Waals surface area contributed by atoms with Crippen molar-refractivity contribution in [1.29, 1.82) is 0 Å². The van der Waals surface area contributed by atoms with Crippen LogP contribution in [0.25, 0.3) is 16.9 Å². The van der Waals surface area contributed by atoms with E-state index in [9.17, 15) is 13.0 Å². The number of aryl methyl sites for hydroxylation is 1. The van der Waals surface area contributed by atoms with Crippen LogP contribution in [-0.4, -0.2) is 18.5 Å². The molecule has 0 radical (unpaired) electrons. The minimum absolute atomic E-state index is 0.470. The molecule has 1 aromatic heterocycles. The molecule has 8 heteroatoms. The van der Waals surface area contributed by atoms with E-state index in [1.54, 1.807) is 41.9 Å². The van der Waals surface area contributed by atoms with Crippen LogP contribution in [0.2, 0.25) is 0 Å². The van der Waals surface area contributed by atoms with Gasteiger partial charge in [0.2, 0.25) is 0 Å². The van der Waals surface area contributed by atoms with Crippen molar-refractivity contribution in [2.24, 2.45) is 0 Å². The Bertz CT molecular complexity index is 910. The molecule has 3 aromatic rings. The van der Waals surface area contributed by atoms with Gasteiger partial charge in [-0.25, -0.2) is 17.7 Å². The average Bonchev–Trinajstić information content (AvgIpc) is 2.92. The van der Waals surface area contributed by atoms with Gasteiger partial charge in [-0.1, -0.05) is 0 Å². The first-order valence-electron chi connectivity index (χ1n) is 6.94. The second-order valence-electron chi connectivity index (χ2n) is 5.11. The maximum absolute atomic E-state index is 13.5. The Hall–Kier alpha value is -2.58. The van der Waals surface area contributed by atoms with Crippen LogP contribution in [-0.2, 0) is 11.3 Å². The molecule has 124 valence electrons. The molecule has 0 saturated carbocycles. The third-order valence-corrected chi connectivity index (χ3v) is 3.77. The van der Waals surface area contributed by atoms with E-state index in [2.05, 4.69) is 9.82 Å². The summed E-state index contributed by atoms with van der Waals surface area (Å²) in [6.07, 6.45) is 0. The second-order valence-corrected chi connectivity index (χ2v) is 5.81. The van der Waals surface area contributed by atoms with Crippen molar-refractivity contribution in [3.8, 4) is 16.9 Å². The normalized spacial score (nSPS) is 12.2. The standard InChI is InChI=1S/C16H13F2N3O2S/c1-10-8-16(11-2-7-14(17)15(18)9-11)21(19-10)13-5-3-12(4-6-13)20-24(22)23/h2-9,20H,1H3,(H,22,23). The number of benzene rings is 2. The number of halogens is 2. The summed E-state index contributed by atoms with van der Waals surface area (Å²) in [4.78, 5) is 0. The molecule has 2 N–H and O–H groups in total. The largest absolute Gasteiger partial charge is 0.289 e. The molecule has 0 fully saturated rings. The molecule has 0 aliphatic carbocycles. The van der Waals surface area contributed by atoms with Gasteiger partial charge in [-0.2, -0.15) is 5.10 Å². The van der Waals surface area contributed by atoms with Crippen molar-refractivity contribution in [2.45, 2.75) is 6.92 Å². The fourth-order valence-electron chi connectivity index (χ4n) is 2.33. The highest BCUT2D eigenvalue weighted by atomic mass is 32.2. The lowest BCUT2D eigenvalue weighted by Gasteiger charge is -2.09. The Morgan fingerprint density at radius 3 is 2.42 bits per heavy atom. The molecule has 3 rings (SSSR count). The van der Waals surface area contributed by atoms with E-state index in [0.717, 1.165) is 12.1 Å². The minimum Gasteiger partial charge on any atom is -0.289 e. The number of nitrogens with one attached hydrogen (secondary N) is 1. The SMILES string of the molecule is Cc1cc(-c2ccc(F)c(F)c2)n(-c2ccc(NS(=O)O)cc2)n1. The summed E-state index contributed by atoms with van der Waals surface area (Å²) in [6.45, 7) is 1.80. The van der Waals surface area contributed by atoms with E-state index in [4.69, 9.17) is 4.55 Å². The highest BCUT2D eigenvalue weighted by molar-refractivity contribution is 7.80. The minimum atomic E-state index is -2.15. The smallest absolute Gasteiger partial charge is 0.259 e. The van der Waals surface area contributed by atoms with Crippen LogP contribution in [0.3, 0.4) is 0 Å². The zero-order valence-electron chi connectivity index (χ0n) is 12.5. The molecule has 0 amide bonds. The number of anilines is 1. The van der Waals surface area contributed by atoms with Crippen molar-refractivity contribution < 1.29 is 17.5 Å². The molecule has 1 heterocycles. The van der Waals surface area contributed by atoms with E-state index < -0.39 is 22.9 Å². The number of rotatable bonds is 4. The zero-order chi connectivity index (χ0) is 17.3. The van der Waals surface area contributed by atoms with Crippen LogP contribution in [0.4, 0.5) is 14.5 Å². The number of hydrogen-bond acceptors (Lipinski definition) is 2. The van der Waals surface area contributed by atoms with Gasteiger partial charge in [0.05, 0.1) is 17.1 Å². The summed E-state index contributed by atoms with van der Waals surface area (Å²) in [5.74, 6) is -1.84. The summed E-state index contributed by atoms with van der Waals surface area (Å²) >= 11 is -2.15. The van der Waals surface area contributed by atoms with E-state index in [1.807, 2.05) is 0 Å². The van der Waals surface area contributed by atoms with Gasteiger partial charge in [-0.15, -0.1) is 0 Å². The van der Waals surface area contributed by atoms with Crippen molar-refractivity contribution in [2.75, 3.05) is 4.72 Å². The predicted molar refractivity (Wildman–Crippen MR) is 88.0 cm³/mol. The highest BCUT2D eigenvalue weighted by Crippen LogP contribution is 2.26. The molecule has 0 spiro atoms. The molecule has 24 heavy (non-hydrogen) atoms. The Morgan fingerprint density at radius 1 is 1.08 bits per heavy atom. The van der Waals surface area contributed by atoms with Gasteiger partial charge in [-0.05, 0) is 55.5 Å². The second kappa shape index (κ2) is 6.50. The van der Waals surface area contributed by atoms with Gasteiger partial charge < -0.3 is 0 Å². The van der Waals surface area contributed by atoms with Gasteiger partial charge in [-0.3, -0.25) is 9.27 Å². The first-order chi connectivity index (χ1) is 11.4. The lowest BCUT2D eigenvalue weighted by Crippen LogP contribution is -2.03. The molecule has 1 atom stereocenters. The van der Waals surface area contributed by atoms with Crippen LogP contribution in [0.1, 0.15) is 5.69 Å². The van der Waals surface area contributed by atoms with Crippen molar-refractivity contribution >= 4 is 17.0 Å². The number of nitrogens with zero attached hydrogens (tertiary/aromatic N) is 2. The van der Waals surface area contributed by atoms with E-state index in [0.29, 0.717) is 28.3 Å². The Kier molecular flexibility index (Phi) is 4.41. The Balaban J connectivity index is 2.02. The first kappa shape index (κ1) is 16.3. The fourth-order valence-corrected chi connectivity index (χ4v) is 2.67. The zero-order valence-corrected chi connectivity index (χ0v) is 13.3. The van der Waals surface area contributed by atoms with Crippen molar-refractivity contribution in [1.82, 2.24) is 9.78 Å². The summed E-state index contributed by atoms with van der Waals surface area (Å²) < 4.78 is 50.2. The quantitative estimate of drug-likeness (QED) is 0.706. The van der Waals surface area contributed by atoms with Crippen LogP contribution < -0.4 is 4.72 Å². The molecule has 5 nitrogen and oxygen atoms in total. The van der Waals surface area contributed by atoms with Crippen molar-refractivity contribution in [3.05, 3.63) is 65.9 Å². The summed E-state index contributed by atoms with van der Waals surface area (Å²) in [5.41, 5.74) is 2.97. The average molecular weight is 349 g/mol. The maximum atomic E-state index is 13.5. The van der Waals surface area contributed by atoms with Crippen LogP contribution in [0, 0.1) is 18.6 Å². The summed E-state index contributed by atoms with van der Waals surface area (Å²) in [5, 5.41) is 4.37. The number of aromatic nitrogens is 2. The summed E-state index contributed by atoms with van der Waals surface area (Å²) in [6, 6.07) is 12.1. The highest BCUT2D eigenvalue weighted by Gasteiger charge is 2.12. The summed E-state index contributed by atoms with van der Waals surface area (Å²) in [7, 11) is 0. The monoisotopic (exact) mass is 349 g/mol. The molecule has 2 aromatic carbocycles. The van der Waals surface area contributed by atoms with Gasteiger partial charge in [0, 0.05) is 11.3 Å². The topological polar surface area (TPSA) is 67.2 Å². The van der Waals surface area contributed by atoms with E-state index in [-0.39, 0.29) is 0 Å². The van der Waals surface area contributed by atoms with E-state index >= 15 is 0 Å². The molecular weight excluding hydrogens is 336 g/mol. The third-order valence-electron chi connectivity index (χ3n) is 3.36. The molecule has 0 aliphatic rings. The molecular formula is C16H13F2N3O2S. The first-order valence-corrected chi connectivity index (χ1v) is 8.05. The Morgan fingerprint density at radius 2 is 1.79 bits per heavy atom. The molecule has 0 bridgehead atoms. The number of hydrogen-bond donors (Lipinski definition) is 2. The van der Waals surface area contributed by atoms with Gasteiger partial charge in [0.25, 0.3) is 11.3 Å². The molecule has 1 unspecified atom stereocenters. The molecule has 0 aliphatic heterocycles. The van der Waals surface area contributed by atoms with Crippen LogP contribution >= 0.6 is 0 Å². The molecule has 0 saturated heterocycles. The Labute approximate surface area is 139 Å². The fraction of sp³-hybridized carbons (Fsp3) is 0.0625. The lowest BCUT2D eigenvalue weighted by molar-refractivity contribution is 0.509.